The van der Waals surface area contributed by atoms with Gasteiger partial charge < -0.3 is 20.9 Å². The molecule has 2 heterocycles. The number of halogens is 2. The van der Waals surface area contributed by atoms with Crippen molar-refractivity contribution in [3.05, 3.63) is 18.5 Å². The number of aromatic nitrogens is 2. The lowest BCUT2D eigenvalue weighted by Gasteiger charge is -2.35. The molecule has 160 valence electrons. The second-order valence-corrected chi connectivity index (χ2v) is 6.61. The minimum Gasteiger partial charge on any atom is -0.355 e. The number of carbonyl (C=O) groups excluding carboxylic acids is 2. The van der Waals surface area contributed by atoms with E-state index < -0.39 is 5.41 Å². The second kappa shape index (κ2) is 12.7. The number of hydrogen-bond acceptors (Lipinski definition) is 6. The normalized spacial score (nSPS) is 14.0. The van der Waals surface area contributed by atoms with Gasteiger partial charge >= 0.3 is 0 Å². The molecule has 2 amide bonds. The minimum absolute atomic E-state index is 0. The lowest BCUT2D eigenvalue weighted by atomic mass is 9.81. The fourth-order valence-corrected chi connectivity index (χ4v) is 3.19. The van der Waals surface area contributed by atoms with E-state index in [0.717, 1.165) is 0 Å². The summed E-state index contributed by atoms with van der Waals surface area (Å²) in [6.07, 6.45) is 5.14. The molecule has 1 aliphatic heterocycles. The molecular formula is C18H32Cl2N6O2. The Morgan fingerprint density at radius 2 is 1.68 bits per heavy atom. The third-order valence-corrected chi connectivity index (χ3v) is 5.32. The summed E-state index contributed by atoms with van der Waals surface area (Å²) in [7, 11) is 0. The number of nitrogens with zero attached hydrogens (tertiary/aromatic N) is 4. The van der Waals surface area contributed by atoms with Gasteiger partial charge in [0.25, 0.3) is 0 Å². The van der Waals surface area contributed by atoms with Gasteiger partial charge in [0.2, 0.25) is 17.8 Å². The van der Waals surface area contributed by atoms with Gasteiger partial charge in [0, 0.05) is 58.1 Å². The summed E-state index contributed by atoms with van der Waals surface area (Å²) in [5, 5.41) is 2.88. The summed E-state index contributed by atoms with van der Waals surface area (Å²) in [5.74, 6) is 0.707. The van der Waals surface area contributed by atoms with Gasteiger partial charge in [-0.05, 0) is 18.9 Å². The molecule has 3 N–H and O–H groups in total. The smallest absolute Gasteiger partial charge is 0.227 e. The Balaban J connectivity index is 0.00000364. The minimum atomic E-state index is -0.523. The van der Waals surface area contributed by atoms with Crippen LogP contribution in [0.25, 0.3) is 0 Å². The Morgan fingerprint density at radius 3 is 2.18 bits per heavy atom. The summed E-state index contributed by atoms with van der Waals surface area (Å²) < 4.78 is 0. The highest BCUT2D eigenvalue weighted by Crippen LogP contribution is 2.24. The SMILES string of the molecule is CCC(CC)(CN)C(=O)NCCC(=O)N1CCN(c2ncccn2)CC1.Cl.Cl. The molecule has 0 spiro atoms. The first-order valence-electron chi connectivity index (χ1n) is 9.34. The van der Waals surface area contributed by atoms with Crippen LogP contribution < -0.4 is 16.0 Å². The number of nitrogens with two attached hydrogens (primary N) is 1. The molecule has 1 saturated heterocycles. The molecule has 28 heavy (non-hydrogen) atoms. The first kappa shape index (κ1) is 26.4. The average Bonchev–Trinajstić information content (AvgIpc) is 2.70. The maximum Gasteiger partial charge on any atom is 0.227 e. The van der Waals surface area contributed by atoms with Crippen molar-refractivity contribution in [3.8, 4) is 0 Å². The molecule has 10 heteroatoms. The van der Waals surface area contributed by atoms with Crippen molar-refractivity contribution in [1.82, 2.24) is 20.2 Å². The molecule has 1 fully saturated rings. The fourth-order valence-electron chi connectivity index (χ4n) is 3.19. The molecule has 8 nitrogen and oxygen atoms in total. The molecule has 0 unspecified atom stereocenters. The van der Waals surface area contributed by atoms with Gasteiger partial charge in [0.05, 0.1) is 5.41 Å². The average molecular weight is 435 g/mol. The molecule has 1 aromatic rings. The lowest BCUT2D eigenvalue weighted by molar-refractivity contribution is -0.132. The van der Waals surface area contributed by atoms with Crippen LogP contribution in [0.2, 0.25) is 0 Å². The van der Waals surface area contributed by atoms with E-state index in [1.807, 2.05) is 18.7 Å². The molecule has 2 rings (SSSR count). The molecule has 0 aromatic carbocycles. The van der Waals surface area contributed by atoms with E-state index in [1.54, 1.807) is 18.5 Å². The molecule has 0 atom stereocenters. The zero-order valence-corrected chi connectivity index (χ0v) is 18.2. The number of carbonyl (C=O) groups is 2. The molecule has 0 radical (unpaired) electrons. The quantitative estimate of drug-likeness (QED) is 0.637. The van der Waals surface area contributed by atoms with Gasteiger partial charge in [-0.3, -0.25) is 9.59 Å². The van der Waals surface area contributed by atoms with Crippen LogP contribution in [0.5, 0.6) is 0 Å². The topological polar surface area (TPSA) is 104 Å². The van der Waals surface area contributed by atoms with Crippen LogP contribution in [-0.2, 0) is 9.59 Å². The summed E-state index contributed by atoms with van der Waals surface area (Å²) in [6.45, 7) is 7.32. The third-order valence-electron chi connectivity index (χ3n) is 5.32. The Labute approximate surface area is 179 Å². The number of amides is 2. The van der Waals surface area contributed by atoms with Crippen molar-refractivity contribution in [2.75, 3.05) is 44.2 Å². The van der Waals surface area contributed by atoms with Crippen LogP contribution in [0.15, 0.2) is 18.5 Å². The Bertz CT molecular complexity index is 585. The van der Waals surface area contributed by atoms with Crippen molar-refractivity contribution in [2.45, 2.75) is 33.1 Å². The van der Waals surface area contributed by atoms with Crippen LogP contribution in [0.3, 0.4) is 0 Å². The van der Waals surface area contributed by atoms with Crippen molar-refractivity contribution in [2.24, 2.45) is 11.1 Å². The van der Waals surface area contributed by atoms with Crippen LogP contribution in [0.1, 0.15) is 33.1 Å². The Kier molecular flexibility index (Phi) is 12.0. The maximum atomic E-state index is 12.4. The summed E-state index contributed by atoms with van der Waals surface area (Å²) in [5.41, 5.74) is 5.26. The summed E-state index contributed by atoms with van der Waals surface area (Å²) >= 11 is 0. The zero-order valence-electron chi connectivity index (χ0n) is 16.6. The number of hydrogen-bond donors (Lipinski definition) is 2. The van der Waals surface area contributed by atoms with Gasteiger partial charge in [-0.25, -0.2) is 9.97 Å². The summed E-state index contributed by atoms with van der Waals surface area (Å²) in [6, 6.07) is 1.79. The number of piperazine rings is 1. The van der Waals surface area contributed by atoms with Crippen molar-refractivity contribution in [3.63, 3.8) is 0 Å². The van der Waals surface area contributed by atoms with Gasteiger partial charge in [0.1, 0.15) is 0 Å². The van der Waals surface area contributed by atoms with Crippen LogP contribution in [-0.4, -0.2) is 66.0 Å². The highest BCUT2D eigenvalue weighted by molar-refractivity contribution is 5.85. The van der Waals surface area contributed by atoms with Crippen LogP contribution in [0.4, 0.5) is 5.95 Å². The highest BCUT2D eigenvalue weighted by Gasteiger charge is 2.33. The molecular weight excluding hydrogens is 403 g/mol. The van der Waals surface area contributed by atoms with Gasteiger partial charge in [-0.2, -0.15) is 0 Å². The lowest BCUT2D eigenvalue weighted by Crippen LogP contribution is -2.50. The van der Waals surface area contributed by atoms with Gasteiger partial charge in [-0.1, -0.05) is 13.8 Å². The van der Waals surface area contributed by atoms with E-state index in [9.17, 15) is 9.59 Å². The van der Waals surface area contributed by atoms with Crippen molar-refractivity contribution in [1.29, 1.82) is 0 Å². The Morgan fingerprint density at radius 1 is 1.11 bits per heavy atom. The molecule has 0 bridgehead atoms. The summed E-state index contributed by atoms with van der Waals surface area (Å²) in [4.78, 5) is 37.2. The molecule has 1 aliphatic rings. The number of nitrogens with one attached hydrogen (secondary N) is 1. The monoisotopic (exact) mass is 434 g/mol. The number of rotatable bonds is 8. The molecule has 0 saturated carbocycles. The van der Waals surface area contributed by atoms with Gasteiger partial charge in [0.15, 0.2) is 0 Å². The van der Waals surface area contributed by atoms with E-state index in [4.69, 9.17) is 5.73 Å². The largest absolute Gasteiger partial charge is 0.355 e. The van der Waals surface area contributed by atoms with Gasteiger partial charge in [-0.15, -0.1) is 24.8 Å². The van der Waals surface area contributed by atoms with E-state index >= 15 is 0 Å². The first-order valence-corrected chi connectivity index (χ1v) is 9.34. The standard InChI is InChI=1S/C18H30N6O2.2ClH/c1-3-18(4-2,14-19)16(26)20-9-6-15(25)23-10-12-24(13-11-23)17-21-7-5-8-22-17;;/h5,7-8H,3-4,6,9-14,19H2,1-2H3,(H,20,26);2*1H. The highest BCUT2D eigenvalue weighted by atomic mass is 35.5. The van der Waals surface area contributed by atoms with E-state index in [2.05, 4.69) is 20.2 Å². The fraction of sp³-hybridized carbons (Fsp3) is 0.667. The molecule has 0 aliphatic carbocycles. The molecule has 1 aromatic heterocycles. The van der Waals surface area contributed by atoms with Crippen molar-refractivity contribution < 1.29 is 9.59 Å². The van der Waals surface area contributed by atoms with Crippen molar-refractivity contribution >= 4 is 42.6 Å². The van der Waals surface area contributed by atoms with E-state index in [0.29, 0.717) is 64.5 Å². The van der Waals surface area contributed by atoms with E-state index in [-0.39, 0.29) is 36.6 Å². The van der Waals surface area contributed by atoms with Crippen LogP contribution in [0, 0.1) is 5.41 Å². The predicted molar refractivity (Wildman–Crippen MR) is 115 cm³/mol. The van der Waals surface area contributed by atoms with E-state index in [1.165, 1.54) is 0 Å². The van der Waals surface area contributed by atoms with Crippen LogP contribution >= 0.6 is 24.8 Å². The Hall–Kier alpha value is -1.64. The second-order valence-electron chi connectivity index (χ2n) is 6.61. The maximum absolute atomic E-state index is 12.4. The first-order chi connectivity index (χ1) is 12.6. The number of anilines is 1. The zero-order chi connectivity index (χ0) is 19.0. The third kappa shape index (κ3) is 6.46. The predicted octanol–water partition coefficient (Wildman–Crippen LogP) is 1.24.